The minimum Gasteiger partial charge on any atom is -0.300 e. The van der Waals surface area contributed by atoms with Crippen LogP contribution >= 0.6 is 0 Å². The molecule has 1 aliphatic heterocycles. The number of nitrogens with zero attached hydrogens (tertiary/aromatic N) is 2. The maximum Gasteiger partial charge on any atom is 0.108 e. The number of nitrogens with one attached hydrogen (secondary N) is 1. The predicted molar refractivity (Wildman–Crippen MR) is 78.8 cm³/mol. The summed E-state index contributed by atoms with van der Waals surface area (Å²) in [5, 5.41) is 12.9. The molecule has 2 aliphatic rings. The summed E-state index contributed by atoms with van der Waals surface area (Å²) in [7, 11) is 0. The first kappa shape index (κ1) is 14.8. The van der Waals surface area contributed by atoms with Gasteiger partial charge in [0.25, 0.3) is 0 Å². The highest BCUT2D eigenvalue weighted by Gasteiger charge is 2.43. The quantitative estimate of drug-likeness (QED) is 0.851. The smallest absolute Gasteiger partial charge is 0.108 e. The van der Waals surface area contributed by atoms with E-state index in [0.717, 1.165) is 25.3 Å². The fourth-order valence-corrected chi connectivity index (χ4v) is 3.80. The van der Waals surface area contributed by atoms with Gasteiger partial charge in [0, 0.05) is 12.6 Å². The van der Waals surface area contributed by atoms with E-state index in [2.05, 4.69) is 44.0 Å². The van der Waals surface area contributed by atoms with Crippen molar-refractivity contribution in [2.24, 2.45) is 11.3 Å². The lowest BCUT2D eigenvalue weighted by Crippen LogP contribution is -2.43. The van der Waals surface area contributed by atoms with Crippen LogP contribution in [0.1, 0.15) is 53.4 Å². The van der Waals surface area contributed by atoms with Crippen molar-refractivity contribution in [3.8, 4) is 6.07 Å². The number of nitriles is 1. The van der Waals surface area contributed by atoms with Crippen LogP contribution < -0.4 is 5.32 Å². The molecule has 1 heterocycles. The Balaban J connectivity index is 1.94. The van der Waals surface area contributed by atoms with Crippen LogP contribution in [0, 0.1) is 22.7 Å². The molecule has 1 N–H and O–H groups in total. The summed E-state index contributed by atoms with van der Waals surface area (Å²) in [5.74, 6) is 0.809. The maximum atomic E-state index is 9.46. The summed E-state index contributed by atoms with van der Waals surface area (Å²) < 4.78 is 0. The molecule has 3 nitrogen and oxygen atoms in total. The normalized spacial score (nSPS) is 36.6. The Morgan fingerprint density at radius 2 is 2.11 bits per heavy atom. The lowest BCUT2D eigenvalue weighted by Gasteiger charge is -2.30. The van der Waals surface area contributed by atoms with Crippen molar-refractivity contribution in [3.63, 3.8) is 0 Å². The molecule has 19 heavy (non-hydrogen) atoms. The van der Waals surface area contributed by atoms with Gasteiger partial charge in [-0.2, -0.15) is 5.26 Å². The Labute approximate surface area is 118 Å². The molecular formula is C16H29N3. The van der Waals surface area contributed by atoms with E-state index in [9.17, 15) is 5.26 Å². The first-order valence-corrected chi connectivity index (χ1v) is 7.80. The summed E-state index contributed by atoms with van der Waals surface area (Å²) >= 11 is 0. The van der Waals surface area contributed by atoms with Gasteiger partial charge in [-0.15, -0.1) is 0 Å². The van der Waals surface area contributed by atoms with Crippen molar-refractivity contribution in [1.82, 2.24) is 10.2 Å². The van der Waals surface area contributed by atoms with E-state index < -0.39 is 0 Å². The molecule has 0 radical (unpaired) electrons. The Morgan fingerprint density at radius 3 is 2.63 bits per heavy atom. The van der Waals surface area contributed by atoms with Crippen LogP contribution in [-0.2, 0) is 0 Å². The Morgan fingerprint density at radius 1 is 1.37 bits per heavy atom. The molecule has 2 rings (SSSR count). The van der Waals surface area contributed by atoms with Gasteiger partial charge in [-0.05, 0) is 50.1 Å². The van der Waals surface area contributed by atoms with E-state index in [0.29, 0.717) is 11.5 Å². The summed E-state index contributed by atoms with van der Waals surface area (Å²) in [6.45, 7) is 12.5. The zero-order valence-corrected chi connectivity index (χ0v) is 13.0. The van der Waals surface area contributed by atoms with Crippen LogP contribution in [0.4, 0.5) is 0 Å². The Hall–Kier alpha value is -0.590. The summed E-state index contributed by atoms with van der Waals surface area (Å²) in [6.07, 6.45) is 4.52. The second-order valence-corrected chi connectivity index (χ2v) is 7.47. The van der Waals surface area contributed by atoms with Gasteiger partial charge in [-0.25, -0.2) is 0 Å². The fourth-order valence-electron chi connectivity index (χ4n) is 3.80. The van der Waals surface area contributed by atoms with Crippen LogP contribution in [-0.4, -0.2) is 36.1 Å². The fraction of sp³-hybridized carbons (Fsp3) is 0.938. The molecule has 1 saturated carbocycles. The standard InChI is InChI=1S/C16H29N3/c1-5-18-16(12-17)8-6-14(10-16)19-9-7-13(11-19)15(2,3)4/h13-14,18H,5-11H2,1-4H3. The molecule has 0 aromatic rings. The van der Waals surface area contributed by atoms with Crippen LogP contribution in [0.25, 0.3) is 0 Å². The monoisotopic (exact) mass is 263 g/mol. The second kappa shape index (κ2) is 5.42. The summed E-state index contributed by atoms with van der Waals surface area (Å²) in [5.41, 5.74) is 0.167. The molecule has 0 spiro atoms. The average molecular weight is 263 g/mol. The van der Waals surface area contributed by atoms with Crippen LogP contribution in [0.5, 0.6) is 0 Å². The maximum absolute atomic E-state index is 9.46. The van der Waals surface area contributed by atoms with Gasteiger partial charge in [0.05, 0.1) is 6.07 Å². The van der Waals surface area contributed by atoms with Gasteiger partial charge in [0.15, 0.2) is 0 Å². The molecule has 3 atom stereocenters. The van der Waals surface area contributed by atoms with Gasteiger partial charge in [-0.3, -0.25) is 10.2 Å². The third-order valence-electron chi connectivity index (χ3n) is 5.18. The molecule has 1 saturated heterocycles. The topological polar surface area (TPSA) is 39.1 Å². The van der Waals surface area contributed by atoms with Crippen molar-refractivity contribution in [3.05, 3.63) is 0 Å². The molecule has 0 bridgehead atoms. The number of hydrogen-bond donors (Lipinski definition) is 1. The summed E-state index contributed by atoms with van der Waals surface area (Å²) in [6, 6.07) is 3.15. The number of likely N-dealkylation sites (tertiary alicyclic amines) is 1. The highest BCUT2D eigenvalue weighted by atomic mass is 15.2. The van der Waals surface area contributed by atoms with Gasteiger partial charge in [-0.1, -0.05) is 27.7 Å². The highest BCUT2D eigenvalue weighted by Crippen LogP contribution is 2.39. The zero-order chi connectivity index (χ0) is 14.1. The predicted octanol–water partition coefficient (Wildman–Crippen LogP) is 2.78. The molecule has 3 unspecified atom stereocenters. The lowest BCUT2D eigenvalue weighted by molar-refractivity contribution is 0.192. The van der Waals surface area contributed by atoms with E-state index in [1.54, 1.807) is 0 Å². The van der Waals surface area contributed by atoms with Gasteiger partial charge in [0.2, 0.25) is 0 Å². The van der Waals surface area contributed by atoms with Crippen molar-refractivity contribution in [2.75, 3.05) is 19.6 Å². The largest absolute Gasteiger partial charge is 0.300 e. The molecule has 0 amide bonds. The third kappa shape index (κ3) is 3.12. The lowest BCUT2D eigenvalue weighted by atomic mass is 9.80. The second-order valence-electron chi connectivity index (χ2n) is 7.47. The van der Waals surface area contributed by atoms with Crippen LogP contribution in [0.2, 0.25) is 0 Å². The minimum atomic E-state index is -0.251. The van der Waals surface area contributed by atoms with Gasteiger partial charge < -0.3 is 0 Å². The van der Waals surface area contributed by atoms with E-state index in [4.69, 9.17) is 0 Å². The minimum absolute atomic E-state index is 0.251. The molecular weight excluding hydrogens is 234 g/mol. The Kier molecular flexibility index (Phi) is 4.23. The zero-order valence-electron chi connectivity index (χ0n) is 13.0. The highest BCUT2D eigenvalue weighted by molar-refractivity contribution is 5.13. The molecule has 1 aliphatic carbocycles. The van der Waals surface area contributed by atoms with Crippen LogP contribution in [0.3, 0.4) is 0 Å². The van der Waals surface area contributed by atoms with E-state index in [1.807, 2.05) is 0 Å². The van der Waals surface area contributed by atoms with Crippen molar-refractivity contribution < 1.29 is 0 Å². The first-order valence-electron chi connectivity index (χ1n) is 7.80. The summed E-state index contributed by atoms with van der Waals surface area (Å²) in [4.78, 5) is 2.65. The molecule has 0 aromatic carbocycles. The van der Waals surface area contributed by atoms with Crippen molar-refractivity contribution in [2.45, 2.75) is 65.0 Å². The van der Waals surface area contributed by atoms with Crippen LogP contribution in [0.15, 0.2) is 0 Å². The first-order chi connectivity index (χ1) is 8.90. The van der Waals surface area contributed by atoms with E-state index >= 15 is 0 Å². The molecule has 0 aromatic heterocycles. The van der Waals surface area contributed by atoms with E-state index in [1.165, 1.54) is 25.9 Å². The van der Waals surface area contributed by atoms with E-state index in [-0.39, 0.29) is 5.54 Å². The third-order valence-corrected chi connectivity index (χ3v) is 5.18. The van der Waals surface area contributed by atoms with Gasteiger partial charge in [0.1, 0.15) is 5.54 Å². The molecule has 3 heteroatoms. The number of rotatable bonds is 3. The van der Waals surface area contributed by atoms with Crippen molar-refractivity contribution in [1.29, 1.82) is 5.26 Å². The Bertz CT molecular complexity index is 352. The average Bonchev–Trinajstić information content (AvgIpc) is 2.94. The molecule has 2 fully saturated rings. The van der Waals surface area contributed by atoms with Gasteiger partial charge >= 0.3 is 0 Å². The van der Waals surface area contributed by atoms with Crippen molar-refractivity contribution >= 4 is 0 Å². The number of hydrogen-bond acceptors (Lipinski definition) is 3. The molecule has 108 valence electrons. The SMILES string of the molecule is CCNC1(C#N)CCC(N2CCC(C(C)(C)C)C2)C1.